The van der Waals surface area contributed by atoms with Crippen LogP contribution in [0.1, 0.15) is 23.0 Å². The molecule has 1 aromatic heterocycles. The number of pyridine rings is 1. The highest BCUT2D eigenvalue weighted by Gasteiger charge is 2.08. The van der Waals surface area contributed by atoms with E-state index >= 15 is 0 Å². The number of hydrogen-bond donors (Lipinski definition) is 2. The molecule has 1 aromatic carbocycles. The van der Waals surface area contributed by atoms with E-state index in [0.717, 1.165) is 17.8 Å². The van der Waals surface area contributed by atoms with E-state index < -0.39 is 0 Å². The van der Waals surface area contributed by atoms with Crippen LogP contribution < -0.4 is 10.6 Å². The molecular weight excluding hydrogens is 266 g/mol. The van der Waals surface area contributed by atoms with Crippen molar-refractivity contribution in [2.45, 2.75) is 13.5 Å². The first-order valence-corrected chi connectivity index (χ1v) is 6.83. The summed E-state index contributed by atoms with van der Waals surface area (Å²) < 4.78 is 5.08. The van der Waals surface area contributed by atoms with Crippen LogP contribution in [0.2, 0.25) is 0 Å². The van der Waals surface area contributed by atoms with Gasteiger partial charge in [0.15, 0.2) is 0 Å². The van der Waals surface area contributed by atoms with Crippen LogP contribution in [0, 0.1) is 0 Å². The molecule has 5 nitrogen and oxygen atoms in total. The van der Waals surface area contributed by atoms with Crippen molar-refractivity contribution in [3.05, 3.63) is 53.7 Å². The van der Waals surface area contributed by atoms with Crippen molar-refractivity contribution < 1.29 is 9.53 Å². The van der Waals surface area contributed by atoms with Crippen LogP contribution >= 0.6 is 0 Å². The highest BCUT2D eigenvalue weighted by atomic mass is 16.5. The van der Waals surface area contributed by atoms with Gasteiger partial charge in [0.1, 0.15) is 11.5 Å². The quantitative estimate of drug-likeness (QED) is 0.856. The zero-order valence-electron chi connectivity index (χ0n) is 12.2. The molecule has 0 bridgehead atoms. The van der Waals surface area contributed by atoms with Gasteiger partial charge in [-0.15, -0.1) is 0 Å². The Morgan fingerprint density at radius 3 is 2.81 bits per heavy atom. The highest BCUT2D eigenvalue weighted by molar-refractivity contribution is 6.03. The number of anilines is 2. The van der Waals surface area contributed by atoms with E-state index in [0.29, 0.717) is 18.1 Å². The van der Waals surface area contributed by atoms with Crippen molar-refractivity contribution in [1.82, 2.24) is 4.98 Å². The molecule has 0 aliphatic heterocycles. The van der Waals surface area contributed by atoms with Crippen molar-refractivity contribution in [3.63, 3.8) is 0 Å². The van der Waals surface area contributed by atoms with Crippen LogP contribution in [0.4, 0.5) is 11.5 Å². The van der Waals surface area contributed by atoms with Gasteiger partial charge in [-0.3, -0.25) is 4.79 Å². The molecule has 1 heterocycles. The Bertz CT molecular complexity index is 614. The number of carbonyl (C=O) groups excluding carboxylic acids is 1. The molecule has 2 aromatic rings. The van der Waals surface area contributed by atoms with Gasteiger partial charge in [0.05, 0.1) is 6.61 Å². The molecule has 2 N–H and O–H groups in total. The van der Waals surface area contributed by atoms with Crippen molar-refractivity contribution in [3.8, 4) is 0 Å². The average Bonchev–Trinajstić information content (AvgIpc) is 2.48. The van der Waals surface area contributed by atoms with Gasteiger partial charge in [-0.2, -0.15) is 0 Å². The Balaban J connectivity index is 2.10. The second-order valence-electron chi connectivity index (χ2n) is 4.53. The standard InChI is InChI=1S/C16H19N3O2/c1-3-17-15-9-5-8-14(19-15)16(20)18-13-7-4-6-12(10-13)11-21-2/h4-10H,3,11H2,1-2H3,(H,17,19)(H,18,20). The first-order valence-electron chi connectivity index (χ1n) is 6.83. The predicted octanol–water partition coefficient (Wildman–Crippen LogP) is 2.91. The maximum Gasteiger partial charge on any atom is 0.274 e. The minimum atomic E-state index is -0.232. The summed E-state index contributed by atoms with van der Waals surface area (Å²) in [4.78, 5) is 16.5. The van der Waals surface area contributed by atoms with Gasteiger partial charge in [0.2, 0.25) is 0 Å². The van der Waals surface area contributed by atoms with Crippen LogP contribution in [0.3, 0.4) is 0 Å². The Kier molecular flexibility index (Phi) is 5.29. The smallest absolute Gasteiger partial charge is 0.274 e. The van der Waals surface area contributed by atoms with Gasteiger partial charge < -0.3 is 15.4 Å². The average molecular weight is 285 g/mol. The zero-order valence-corrected chi connectivity index (χ0v) is 12.2. The molecule has 0 spiro atoms. The fourth-order valence-corrected chi connectivity index (χ4v) is 1.94. The van der Waals surface area contributed by atoms with Crippen molar-refractivity contribution in [1.29, 1.82) is 0 Å². The van der Waals surface area contributed by atoms with Crippen LogP contribution in [-0.2, 0) is 11.3 Å². The molecule has 1 amide bonds. The number of methoxy groups -OCH3 is 1. The van der Waals surface area contributed by atoms with Crippen molar-refractivity contribution in [2.24, 2.45) is 0 Å². The van der Waals surface area contributed by atoms with Gasteiger partial charge in [-0.1, -0.05) is 18.2 Å². The van der Waals surface area contributed by atoms with E-state index in [9.17, 15) is 4.79 Å². The molecule has 0 saturated carbocycles. The van der Waals surface area contributed by atoms with Crippen LogP contribution in [-0.4, -0.2) is 24.5 Å². The topological polar surface area (TPSA) is 63.2 Å². The fourth-order valence-electron chi connectivity index (χ4n) is 1.94. The van der Waals surface area contributed by atoms with E-state index in [2.05, 4.69) is 15.6 Å². The normalized spacial score (nSPS) is 10.2. The van der Waals surface area contributed by atoms with E-state index in [1.165, 1.54) is 0 Å². The number of nitrogens with one attached hydrogen (secondary N) is 2. The summed E-state index contributed by atoms with van der Waals surface area (Å²) in [6.45, 7) is 3.25. The fraction of sp³-hybridized carbons (Fsp3) is 0.250. The number of hydrogen-bond acceptors (Lipinski definition) is 4. The number of ether oxygens (including phenoxy) is 1. The summed E-state index contributed by atoms with van der Waals surface area (Å²) in [6, 6.07) is 12.9. The van der Waals surface area contributed by atoms with Gasteiger partial charge in [0, 0.05) is 19.3 Å². The molecule has 2 rings (SSSR count). The molecule has 0 radical (unpaired) electrons. The lowest BCUT2D eigenvalue weighted by molar-refractivity contribution is 0.102. The summed E-state index contributed by atoms with van der Waals surface area (Å²) in [5, 5.41) is 5.93. The van der Waals surface area contributed by atoms with Crippen LogP contribution in [0.15, 0.2) is 42.5 Å². The number of carbonyl (C=O) groups is 1. The SMILES string of the molecule is CCNc1cccc(C(=O)Nc2cccc(COC)c2)n1. The molecule has 0 aliphatic rings. The Hall–Kier alpha value is -2.40. The number of aromatic nitrogens is 1. The van der Waals surface area contributed by atoms with Gasteiger partial charge in [-0.25, -0.2) is 4.98 Å². The summed E-state index contributed by atoms with van der Waals surface area (Å²) >= 11 is 0. The minimum absolute atomic E-state index is 0.232. The zero-order chi connectivity index (χ0) is 15.1. The molecule has 110 valence electrons. The molecule has 0 saturated heterocycles. The first kappa shape index (κ1) is 15.0. The first-order chi connectivity index (χ1) is 10.2. The maximum atomic E-state index is 12.2. The third-order valence-corrected chi connectivity index (χ3v) is 2.84. The number of benzene rings is 1. The lowest BCUT2D eigenvalue weighted by Crippen LogP contribution is -2.14. The van der Waals surface area contributed by atoms with Crippen LogP contribution in [0.5, 0.6) is 0 Å². The van der Waals surface area contributed by atoms with Crippen molar-refractivity contribution >= 4 is 17.4 Å². The monoisotopic (exact) mass is 285 g/mol. The van der Waals surface area contributed by atoms with E-state index in [1.807, 2.05) is 37.3 Å². The van der Waals surface area contributed by atoms with E-state index in [-0.39, 0.29) is 5.91 Å². The Labute approximate surface area is 124 Å². The van der Waals surface area contributed by atoms with Gasteiger partial charge in [-0.05, 0) is 36.8 Å². The third-order valence-electron chi connectivity index (χ3n) is 2.84. The molecule has 21 heavy (non-hydrogen) atoms. The van der Waals surface area contributed by atoms with Crippen LogP contribution in [0.25, 0.3) is 0 Å². The second-order valence-corrected chi connectivity index (χ2v) is 4.53. The third kappa shape index (κ3) is 4.29. The molecule has 0 fully saturated rings. The summed E-state index contributed by atoms with van der Waals surface area (Å²) in [5.74, 6) is 0.461. The maximum absolute atomic E-state index is 12.2. The lowest BCUT2D eigenvalue weighted by Gasteiger charge is -2.08. The van der Waals surface area contributed by atoms with E-state index in [4.69, 9.17) is 4.74 Å². The Morgan fingerprint density at radius 2 is 2.05 bits per heavy atom. The van der Waals surface area contributed by atoms with Gasteiger partial charge in [0.25, 0.3) is 5.91 Å². The molecule has 0 unspecified atom stereocenters. The molecular formula is C16H19N3O2. The molecule has 0 aliphatic carbocycles. The predicted molar refractivity (Wildman–Crippen MR) is 83.5 cm³/mol. The summed E-state index contributed by atoms with van der Waals surface area (Å²) in [5.41, 5.74) is 2.11. The van der Waals surface area contributed by atoms with Gasteiger partial charge >= 0.3 is 0 Å². The highest BCUT2D eigenvalue weighted by Crippen LogP contribution is 2.13. The number of amides is 1. The molecule has 0 atom stereocenters. The molecule has 5 heteroatoms. The van der Waals surface area contributed by atoms with Crippen molar-refractivity contribution in [2.75, 3.05) is 24.3 Å². The second kappa shape index (κ2) is 7.40. The Morgan fingerprint density at radius 1 is 1.24 bits per heavy atom. The lowest BCUT2D eigenvalue weighted by atomic mass is 10.2. The minimum Gasteiger partial charge on any atom is -0.380 e. The summed E-state index contributed by atoms with van der Waals surface area (Å²) in [7, 11) is 1.64. The largest absolute Gasteiger partial charge is 0.380 e. The summed E-state index contributed by atoms with van der Waals surface area (Å²) in [6.07, 6.45) is 0. The number of rotatable bonds is 6. The number of nitrogens with zero attached hydrogens (tertiary/aromatic N) is 1. The van der Waals surface area contributed by atoms with E-state index in [1.54, 1.807) is 19.2 Å².